The van der Waals surface area contributed by atoms with Gasteiger partial charge in [-0.2, -0.15) is 0 Å². The van der Waals surface area contributed by atoms with Gasteiger partial charge in [-0.15, -0.1) is 0 Å². The van der Waals surface area contributed by atoms with E-state index in [4.69, 9.17) is 16.3 Å². The van der Waals surface area contributed by atoms with Crippen LogP contribution in [0.2, 0.25) is 5.02 Å². The Labute approximate surface area is 165 Å². The van der Waals surface area contributed by atoms with E-state index in [1.807, 2.05) is 12.1 Å². The molecule has 5 heteroatoms. The largest absolute Gasteiger partial charge is 0.455 e. The molecule has 0 aromatic heterocycles. The summed E-state index contributed by atoms with van der Waals surface area (Å²) >= 11 is 5.94. The minimum Gasteiger partial charge on any atom is -0.455 e. The average Bonchev–Trinajstić information content (AvgIpc) is 3.45. The molecule has 0 aliphatic heterocycles. The van der Waals surface area contributed by atoms with Crippen molar-refractivity contribution in [3.8, 4) is 0 Å². The molecular weight excluding hydrogens is 362 g/mol. The Morgan fingerprint density at radius 3 is 2.15 bits per heavy atom. The number of hydrogen-bond acceptors (Lipinski definition) is 3. The lowest BCUT2D eigenvalue weighted by atomic mass is 9.54. The van der Waals surface area contributed by atoms with E-state index in [0.717, 1.165) is 30.2 Å². The van der Waals surface area contributed by atoms with Crippen LogP contribution in [0.5, 0.6) is 0 Å². The minimum atomic E-state index is -0.576. The molecule has 1 aromatic rings. The van der Waals surface area contributed by atoms with Crippen molar-refractivity contribution in [1.82, 2.24) is 5.32 Å². The first-order valence-corrected chi connectivity index (χ1v) is 10.6. The van der Waals surface area contributed by atoms with Gasteiger partial charge in [-0.25, -0.2) is 0 Å². The van der Waals surface area contributed by atoms with E-state index in [2.05, 4.69) is 5.32 Å². The number of esters is 1. The van der Waals surface area contributed by atoms with Gasteiger partial charge in [-0.1, -0.05) is 23.7 Å². The van der Waals surface area contributed by atoms with Crippen LogP contribution in [0.3, 0.4) is 0 Å². The van der Waals surface area contributed by atoms with Crippen LogP contribution < -0.4 is 5.32 Å². The summed E-state index contributed by atoms with van der Waals surface area (Å²) < 4.78 is 5.43. The van der Waals surface area contributed by atoms with Gasteiger partial charge in [-0.3, -0.25) is 9.59 Å². The van der Waals surface area contributed by atoms with Gasteiger partial charge in [-0.05, 0) is 86.3 Å². The van der Waals surface area contributed by atoms with Gasteiger partial charge in [0.1, 0.15) is 0 Å². The van der Waals surface area contributed by atoms with Crippen molar-refractivity contribution < 1.29 is 14.3 Å². The first kappa shape index (κ1) is 17.5. The predicted molar refractivity (Wildman–Crippen MR) is 102 cm³/mol. The molecule has 1 N–H and O–H groups in total. The zero-order valence-electron chi connectivity index (χ0n) is 15.5. The van der Waals surface area contributed by atoms with Crippen LogP contribution in [0.1, 0.15) is 50.5 Å². The second-order valence-corrected chi connectivity index (χ2v) is 9.63. The smallest absolute Gasteiger partial charge is 0.317 e. The van der Waals surface area contributed by atoms with Gasteiger partial charge < -0.3 is 10.1 Å². The first-order valence-electron chi connectivity index (χ1n) is 10.3. The van der Waals surface area contributed by atoms with E-state index < -0.39 is 5.41 Å². The number of benzene rings is 1. The Balaban J connectivity index is 1.17. The van der Waals surface area contributed by atoms with Gasteiger partial charge in [0.05, 0.1) is 5.41 Å². The molecule has 5 saturated carbocycles. The fraction of sp³-hybridized carbons (Fsp3) is 0.636. The first-order chi connectivity index (χ1) is 13.0. The highest BCUT2D eigenvalue weighted by atomic mass is 35.5. The highest BCUT2D eigenvalue weighted by molar-refractivity contribution is 6.30. The third kappa shape index (κ3) is 3.16. The van der Waals surface area contributed by atoms with Crippen LogP contribution in [0.4, 0.5) is 0 Å². The number of carbonyl (C=O) groups is 2. The monoisotopic (exact) mass is 387 g/mol. The molecule has 4 bridgehead atoms. The molecular formula is C22H26ClNO3. The second kappa shape index (κ2) is 6.51. The zero-order chi connectivity index (χ0) is 18.6. The Hall–Kier alpha value is -1.55. The van der Waals surface area contributed by atoms with E-state index in [1.165, 1.54) is 32.1 Å². The van der Waals surface area contributed by atoms with Crippen molar-refractivity contribution >= 4 is 23.5 Å². The topological polar surface area (TPSA) is 55.4 Å². The van der Waals surface area contributed by atoms with Crippen molar-refractivity contribution in [2.24, 2.45) is 23.7 Å². The summed E-state index contributed by atoms with van der Waals surface area (Å²) in [5.41, 5.74) is 0.353. The third-order valence-electron chi connectivity index (χ3n) is 7.43. The number of carbonyl (C=O) groups excluding carboxylic acids is 2. The van der Waals surface area contributed by atoms with E-state index in [1.54, 1.807) is 12.1 Å². The molecule has 5 aliphatic carbocycles. The van der Waals surface area contributed by atoms with Crippen LogP contribution in [0, 0.1) is 23.7 Å². The van der Waals surface area contributed by atoms with Crippen molar-refractivity contribution in [2.45, 2.75) is 56.4 Å². The van der Waals surface area contributed by atoms with E-state index in [-0.39, 0.29) is 24.5 Å². The summed E-state index contributed by atoms with van der Waals surface area (Å²) in [6, 6.07) is 7.64. The molecule has 0 radical (unpaired) electrons. The lowest BCUT2D eigenvalue weighted by Crippen LogP contribution is -2.56. The highest BCUT2D eigenvalue weighted by Gasteiger charge is 2.53. The normalized spacial score (nSPS) is 34.9. The molecule has 0 saturated heterocycles. The SMILES string of the molecule is O=C(COC(=O)C1(c2ccc(Cl)cc2)CC1)NC1C2CC3CC(C2)CC1C3. The van der Waals surface area contributed by atoms with E-state index in [0.29, 0.717) is 16.9 Å². The summed E-state index contributed by atoms with van der Waals surface area (Å²) in [5, 5.41) is 3.85. The van der Waals surface area contributed by atoms with Gasteiger partial charge in [0, 0.05) is 11.1 Å². The standard InChI is InChI=1S/C22H26ClNO3/c23-18-3-1-17(2-4-18)22(5-6-22)21(26)27-12-19(25)24-20-15-8-13-7-14(10-15)11-16(20)9-13/h1-4,13-16,20H,5-12H2,(H,24,25). The third-order valence-corrected chi connectivity index (χ3v) is 7.68. The Kier molecular flexibility index (Phi) is 4.23. The molecule has 5 aliphatic rings. The molecule has 0 heterocycles. The molecule has 27 heavy (non-hydrogen) atoms. The number of nitrogens with one attached hydrogen (secondary N) is 1. The Bertz CT molecular complexity index is 727. The fourth-order valence-corrected chi connectivity index (χ4v) is 6.29. The molecule has 6 rings (SSSR count). The predicted octanol–water partition coefficient (Wildman–Crippen LogP) is 3.86. The summed E-state index contributed by atoms with van der Waals surface area (Å²) in [6.07, 6.45) is 7.98. The number of amides is 1. The molecule has 0 unspecified atom stereocenters. The number of rotatable bonds is 5. The molecule has 4 nitrogen and oxygen atoms in total. The van der Waals surface area contributed by atoms with E-state index in [9.17, 15) is 9.59 Å². The maximum Gasteiger partial charge on any atom is 0.317 e. The summed E-state index contributed by atoms with van der Waals surface area (Å²) in [5.74, 6) is 2.59. The Morgan fingerprint density at radius 2 is 1.59 bits per heavy atom. The van der Waals surface area contributed by atoms with Crippen LogP contribution >= 0.6 is 11.6 Å². The van der Waals surface area contributed by atoms with Crippen molar-refractivity contribution in [1.29, 1.82) is 0 Å². The van der Waals surface area contributed by atoms with Gasteiger partial charge in [0.15, 0.2) is 6.61 Å². The second-order valence-electron chi connectivity index (χ2n) is 9.19. The molecule has 5 fully saturated rings. The molecule has 1 aromatic carbocycles. The maximum absolute atomic E-state index is 12.6. The minimum absolute atomic E-state index is 0.146. The van der Waals surface area contributed by atoms with Crippen LogP contribution in [0.25, 0.3) is 0 Å². The van der Waals surface area contributed by atoms with E-state index >= 15 is 0 Å². The summed E-state index contributed by atoms with van der Waals surface area (Å²) in [4.78, 5) is 25.1. The van der Waals surface area contributed by atoms with Crippen molar-refractivity contribution in [3.63, 3.8) is 0 Å². The van der Waals surface area contributed by atoms with Crippen molar-refractivity contribution in [2.75, 3.05) is 6.61 Å². The van der Waals surface area contributed by atoms with Crippen LogP contribution in [-0.4, -0.2) is 24.5 Å². The van der Waals surface area contributed by atoms with Gasteiger partial charge >= 0.3 is 5.97 Å². The molecule has 0 spiro atoms. The lowest BCUT2D eigenvalue weighted by molar-refractivity contribution is -0.152. The summed E-state index contributed by atoms with van der Waals surface area (Å²) in [7, 11) is 0. The number of ether oxygens (including phenoxy) is 1. The van der Waals surface area contributed by atoms with Crippen LogP contribution in [-0.2, 0) is 19.7 Å². The van der Waals surface area contributed by atoms with Gasteiger partial charge in [0.25, 0.3) is 5.91 Å². The fourth-order valence-electron chi connectivity index (χ4n) is 6.16. The summed E-state index contributed by atoms with van der Waals surface area (Å²) in [6.45, 7) is -0.170. The number of halogens is 1. The highest BCUT2D eigenvalue weighted by Crippen LogP contribution is 2.53. The Morgan fingerprint density at radius 1 is 1.00 bits per heavy atom. The number of hydrogen-bond donors (Lipinski definition) is 1. The van der Waals surface area contributed by atoms with Gasteiger partial charge in [0.2, 0.25) is 0 Å². The quantitative estimate of drug-likeness (QED) is 0.780. The zero-order valence-corrected chi connectivity index (χ0v) is 16.2. The lowest BCUT2D eigenvalue weighted by Gasteiger charge is -2.54. The van der Waals surface area contributed by atoms with Crippen LogP contribution in [0.15, 0.2) is 24.3 Å². The molecule has 1 amide bonds. The average molecular weight is 388 g/mol. The molecule has 0 atom stereocenters. The molecule has 144 valence electrons. The maximum atomic E-state index is 12.6. The van der Waals surface area contributed by atoms with Crippen molar-refractivity contribution in [3.05, 3.63) is 34.9 Å².